The number of benzene rings is 1. The van der Waals surface area contributed by atoms with Crippen LogP contribution in [-0.4, -0.2) is 16.7 Å². The highest BCUT2D eigenvalue weighted by Gasteiger charge is 2.38. The van der Waals surface area contributed by atoms with Gasteiger partial charge in [-0.05, 0) is 50.0 Å². The topological polar surface area (TPSA) is 29.9 Å². The van der Waals surface area contributed by atoms with Gasteiger partial charge in [0.15, 0.2) is 4.77 Å². The Hall–Kier alpha value is -1.29. The van der Waals surface area contributed by atoms with Crippen molar-refractivity contribution < 1.29 is 4.74 Å². The lowest BCUT2D eigenvalue weighted by molar-refractivity contribution is 0.140. The molecular formula is C14H18N2OS. The number of imidazole rings is 1. The Morgan fingerprint density at radius 3 is 2.78 bits per heavy atom. The van der Waals surface area contributed by atoms with E-state index in [4.69, 9.17) is 17.0 Å². The van der Waals surface area contributed by atoms with E-state index in [0.717, 1.165) is 22.5 Å². The van der Waals surface area contributed by atoms with Crippen LogP contribution in [0.4, 0.5) is 0 Å². The van der Waals surface area contributed by atoms with Crippen LogP contribution in [0.15, 0.2) is 18.2 Å². The fraction of sp³-hybridized carbons (Fsp3) is 0.500. The predicted octanol–water partition coefficient (Wildman–Crippen LogP) is 4.00. The first kappa shape index (κ1) is 11.8. The molecule has 0 aliphatic heterocycles. The maximum absolute atomic E-state index is 5.51. The molecule has 0 radical (unpaired) electrons. The average molecular weight is 262 g/mol. The zero-order valence-electron chi connectivity index (χ0n) is 10.8. The van der Waals surface area contributed by atoms with Crippen LogP contribution >= 0.6 is 12.2 Å². The molecule has 1 aliphatic rings. The molecule has 0 saturated heterocycles. The number of methoxy groups -OCH3 is 1. The molecule has 1 aliphatic carbocycles. The van der Waals surface area contributed by atoms with Crippen molar-refractivity contribution >= 4 is 23.3 Å². The Labute approximate surface area is 112 Å². The van der Waals surface area contributed by atoms with Gasteiger partial charge in [0.2, 0.25) is 0 Å². The molecule has 3 nitrogen and oxygen atoms in total. The summed E-state index contributed by atoms with van der Waals surface area (Å²) < 4.78 is 8.47. The van der Waals surface area contributed by atoms with Crippen LogP contribution in [-0.2, 0) is 5.54 Å². The van der Waals surface area contributed by atoms with Crippen molar-refractivity contribution in [1.29, 1.82) is 0 Å². The standard InChI is InChI=1S/C14H18N2OS/c1-3-14(7-4-8-14)16-12-9-10(17-2)5-6-11(12)15-13(16)18/h5-6,9H,3-4,7-8H2,1-2H3,(H,15,18). The van der Waals surface area contributed by atoms with E-state index in [1.807, 2.05) is 12.1 Å². The fourth-order valence-corrected chi connectivity index (χ4v) is 3.40. The number of hydrogen-bond acceptors (Lipinski definition) is 2. The third-order valence-corrected chi connectivity index (χ3v) is 4.59. The normalized spacial score (nSPS) is 17.7. The molecule has 4 heteroatoms. The summed E-state index contributed by atoms with van der Waals surface area (Å²) in [7, 11) is 1.70. The first-order chi connectivity index (χ1) is 8.70. The van der Waals surface area contributed by atoms with Crippen LogP contribution in [0, 0.1) is 4.77 Å². The number of rotatable bonds is 3. The number of fused-ring (bicyclic) bond motifs is 1. The van der Waals surface area contributed by atoms with Crippen molar-refractivity contribution in [3.05, 3.63) is 23.0 Å². The van der Waals surface area contributed by atoms with E-state index in [1.165, 1.54) is 24.8 Å². The Morgan fingerprint density at radius 2 is 2.22 bits per heavy atom. The largest absolute Gasteiger partial charge is 0.497 e. The lowest BCUT2D eigenvalue weighted by atomic mass is 9.74. The molecule has 0 spiro atoms. The van der Waals surface area contributed by atoms with Crippen LogP contribution in [0.1, 0.15) is 32.6 Å². The van der Waals surface area contributed by atoms with Gasteiger partial charge in [-0.15, -0.1) is 0 Å². The summed E-state index contributed by atoms with van der Waals surface area (Å²) in [5, 5.41) is 0. The van der Waals surface area contributed by atoms with E-state index in [2.05, 4.69) is 22.5 Å². The van der Waals surface area contributed by atoms with Crippen LogP contribution in [0.5, 0.6) is 5.75 Å². The lowest BCUT2D eigenvalue weighted by Gasteiger charge is -2.43. The highest BCUT2D eigenvalue weighted by molar-refractivity contribution is 7.71. The van der Waals surface area contributed by atoms with Gasteiger partial charge < -0.3 is 14.3 Å². The molecule has 1 aromatic carbocycles. The Bertz CT molecular complexity index is 631. The van der Waals surface area contributed by atoms with Crippen molar-refractivity contribution in [3.63, 3.8) is 0 Å². The number of aromatic amines is 1. The summed E-state index contributed by atoms with van der Waals surface area (Å²) in [4.78, 5) is 3.31. The number of ether oxygens (including phenoxy) is 1. The van der Waals surface area contributed by atoms with E-state index in [1.54, 1.807) is 7.11 Å². The first-order valence-corrected chi connectivity index (χ1v) is 6.90. The lowest BCUT2D eigenvalue weighted by Crippen LogP contribution is -2.39. The summed E-state index contributed by atoms with van der Waals surface area (Å²) in [6, 6.07) is 6.09. The van der Waals surface area contributed by atoms with Gasteiger partial charge in [0.05, 0.1) is 18.1 Å². The number of aromatic nitrogens is 2. The number of hydrogen-bond donors (Lipinski definition) is 1. The van der Waals surface area contributed by atoms with Gasteiger partial charge in [-0.2, -0.15) is 0 Å². The van der Waals surface area contributed by atoms with Crippen LogP contribution in [0.3, 0.4) is 0 Å². The minimum absolute atomic E-state index is 0.224. The third kappa shape index (κ3) is 1.52. The number of nitrogens with one attached hydrogen (secondary N) is 1. The molecule has 0 bridgehead atoms. The Morgan fingerprint density at radius 1 is 1.44 bits per heavy atom. The maximum atomic E-state index is 5.51. The highest BCUT2D eigenvalue weighted by atomic mass is 32.1. The van der Waals surface area contributed by atoms with Crippen molar-refractivity contribution in [2.24, 2.45) is 0 Å². The van der Waals surface area contributed by atoms with Crippen LogP contribution in [0.25, 0.3) is 11.0 Å². The van der Waals surface area contributed by atoms with Gasteiger partial charge in [0.25, 0.3) is 0 Å². The fourth-order valence-electron chi connectivity index (χ4n) is 3.00. The second-order valence-corrected chi connectivity index (χ2v) is 5.47. The average Bonchev–Trinajstić information content (AvgIpc) is 2.65. The predicted molar refractivity (Wildman–Crippen MR) is 75.8 cm³/mol. The molecule has 1 N–H and O–H groups in total. The SMILES string of the molecule is CCC1(n2c(=S)[nH]c3ccc(OC)cc32)CCC1. The molecule has 1 saturated carbocycles. The minimum Gasteiger partial charge on any atom is -0.497 e. The first-order valence-electron chi connectivity index (χ1n) is 6.49. The summed E-state index contributed by atoms with van der Waals surface area (Å²) in [6.07, 6.45) is 4.88. The summed E-state index contributed by atoms with van der Waals surface area (Å²) in [6.45, 7) is 2.25. The van der Waals surface area contributed by atoms with Gasteiger partial charge in [0.1, 0.15) is 5.75 Å². The highest BCUT2D eigenvalue weighted by Crippen LogP contribution is 2.44. The quantitative estimate of drug-likeness (QED) is 0.847. The van der Waals surface area contributed by atoms with E-state index in [9.17, 15) is 0 Å². The molecule has 0 amide bonds. The van der Waals surface area contributed by atoms with Crippen LogP contribution < -0.4 is 4.74 Å². The van der Waals surface area contributed by atoms with Gasteiger partial charge in [-0.3, -0.25) is 0 Å². The number of nitrogens with zero attached hydrogens (tertiary/aromatic N) is 1. The molecule has 0 unspecified atom stereocenters. The van der Waals surface area contributed by atoms with Crippen LogP contribution in [0.2, 0.25) is 0 Å². The molecule has 1 fully saturated rings. The number of H-pyrrole nitrogens is 1. The molecule has 0 atom stereocenters. The monoisotopic (exact) mass is 262 g/mol. The van der Waals surface area contributed by atoms with Crippen molar-refractivity contribution in [3.8, 4) is 5.75 Å². The van der Waals surface area contributed by atoms with E-state index in [-0.39, 0.29) is 5.54 Å². The van der Waals surface area contributed by atoms with E-state index in [0.29, 0.717) is 0 Å². The van der Waals surface area contributed by atoms with Crippen molar-refractivity contribution in [2.45, 2.75) is 38.1 Å². The summed E-state index contributed by atoms with van der Waals surface area (Å²) >= 11 is 5.51. The van der Waals surface area contributed by atoms with E-state index < -0.39 is 0 Å². The molecule has 1 heterocycles. The second kappa shape index (κ2) is 4.12. The second-order valence-electron chi connectivity index (χ2n) is 5.08. The van der Waals surface area contributed by atoms with Gasteiger partial charge in [-0.25, -0.2) is 0 Å². The van der Waals surface area contributed by atoms with Gasteiger partial charge >= 0.3 is 0 Å². The zero-order chi connectivity index (χ0) is 12.8. The molecule has 18 heavy (non-hydrogen) atoms. The van der Waals surface area contributed by atoms with Gasteiger partial charge in [0, 0.05) is 11.6 Å². The molecule has 3 rings (SSSR count). The maximum Gasteiger partial charge on any atom is 0.178 e. The molecule has 1 aromatic heterocycles. The van der Waals surface area contributed by atoms with Crippen molar-refractivity contribution in [1.82, 2.24) is 9.55 Å². The molecular weight excluding hydrogens is 244 g/mol. The van der Waals surface area contributed by atoms with Crippen molar-refractivity contribution in [2.75, 3.05) is 7.11 Å². The molecule has 2 aromatic rings. The van der Waals surface area contributed by atoms with E-state index >= 15 is 0 Å². The summed E-state index contributed by atoms with van der Waals surface area (Å²) in [5.74, 6) is 0.885. The molecule has 96 valence electrons. The summed E-state index contributed by atoms with van der Waals surface area (Å²) in [5.41, 5.74) is 2.49. The minimum atomic E-state index is 0.224. The van der Waals surface area contributed by atoms with Gasteiger partial charge in [-0.1, -0.05) is 6.92 Å². The zero-order valence-corrected chi connectivity index (χ0v) is 11.6. The smallest absolute Gasteiger partial charge is 0.178 e. The Balaban J connectivity index is 2.27. The Kier molecular flexibility index (Phi) is 2.70. The third-order valence-electron chi connectivity index (χ3n) is 4.31.